The van der Waals surface area contributed by atoms with Gasteiger partial charge in [0.2, 0.25) is 0 Å². The van der Waals surface area contributed by atoms with Crippen LogP contribution in [0, 0.1) is 0 Å². The molecule has 3 aromatic carbocycles. The van der Waals surface area contributed by atoms with Crippen molar-refractivity contribution in [3.63, 3.8) is 0 Å². The van der Waals surface area contributed by atoms with Crippen LogP contribution in [0.3, 0.4) is 0 Å². The van der Waals surface area contributed by atoms with Crippen molar-refractivity contribution in [3.05, 3.63) is 108 Å². The van der Waals surface area contributed by atoms with Crippen LogP contribution in [0.1, 0.15) is 5.56 Å². The molecule has 3 nitrogen and oxygen atoms in total. The van der Waals surface area contributed by atoms with Gasteiger partial charge in [0.25, 0.3) is 0 Å². The molecule has 0 saturated heterocycles. The molecule has 0 fully saturated rings. The number of para-hydroxylation sites is 1. The molecule has 0 saturated carbocycles. The van der Waals surface area contributed by atoms with Crippen LogP contribution in [-0.2, 0) is 10.8 Å². The second-order valence-corrected chi connectivity index (χ2v) is 7.33. The summed E-state index contributed by atoms with van der Waals surface area (Å²) in [6.45, 7) is 0. The molecule has 0 radical (unpaired) electrons. The van der Waals surface area contributed by atoms with Crippen LogP contribution < -0.4 is 0 Å². The van der Waals surface area contributed by atoms with Crippen LogP contribution in [0.5, 0.6) is 0 Å². The Kier molecular flexibility index (Phi) is 5.08. The van der Waals surface area contributed by atoms with E-state index in [1.165, 1.54) is 0 Å². The Balaban J connectivity index is 1.73. The predicted octanol–water partition coefficient (Wildman–Crippen LogP) is 5.32. The van der Waals surface area contributed by atoms with Gasteiger partial charge in [-0.15, -0.1) is 0 Å². The molecule has 27 heavy (non-hydrogen) atoms. The minimum atomic E-state index is -1.20. The number of nitrogens with zero attached hydrogens (tertiary/aromatic N) is 2. The van der Waals surface area contributed by atoms with Crippen molar-refractivity contribution in [1.82, 2.24) is 9.78 Å². The van der Waals surface area contributed by atoms with E-state index in [9.17, 15) is 4.21 Å². The molecule has 0 aliphatic carbocycles. The molecule has 1 heterocycles. The van der Waals surface area contributed by atoms with Gasteiger partial charge in [-0.2, -0.15) is 5.10 Å². The third kappa shape index (κ3) is 3.96. The third-order valence-corrected chi connectivity index (χ3v) is 5.28. The van der Waals surface area contributed by atoms with E-state index in [4.69, 9.17) is 5.10 Å². The van der Waals surface area contributed by atoms with Crippen molar-refractivity contribution in [2.24, 2.45) is 0 Å². The van der Waals surface area contributed by atoms with Gasteiger partial charge in [-0.3, -0.25) is 0 Å². The molecule has 4 rings (SSSR count). The van der Waals surface area contributed by atoms with Gasteiger partial charge in [-0.1, -0.05) is 66.7 Å². The molecule has 0 aliphatic heterocycles. The summed E-state index contributed by atoms with van der Waals surface area (Å²) in [4.78, 5) is 0.783. The van der Waals surface area contributed by atoms with Gasteiger partial charge in [-0.25, -0.2) is 8.89 Å². The van der Waals surface area contributed by atoms with Crippen molar-refractivity contribution in [2.75, 3.05) is 0 Å². The largest absolute Gasteiger partial charge is 0.250 e. The Morgan fingerprint density at radius 1 is 0.778 bits per heavy atom. The second-order valence-electron chi connectivity index (χ2n) is 5.99. The maximum absolute atomic E-state index is 12.5. The molecule has 132 valence electrons. The van der Waals surface area contributed by atoms with Crippen LogP contribution in [0.4, 0.5) is 0 Å². The Labute approximate surface area is 161 Å². The lowest BCUT2D eigenvalue weighted by molar-refractivity contribution is 0.688. The van der Waals surface area contributed by atoms with Crippen LogP contribution in [0.2, 0.25) is 0 Å². The van der Waals surface area contributed by atoms with Gasteiger partial charge < -0.3 is 0 Å². The first-order valence-electron chi connectivity index (χ1n) is 8.65. The van der Waals surface area contributed by atoms with Crippen molar-refractivity contribution in [3.8, 4) is 16.9 Å². The molecule has 1 atom stereocenters. The first-order valence-corrected chi connectivity index (χ1v) is 9.87. The highest BCUT2D eigenvalue weighted by Crippen LogP contribution is 2.25. The molecule has 4 heteroatoms. The maximum atomic E-state index is 12.5. The Hall–Kier alpha value is -3.24. The van der Waals surface area contributed by atoms with Crippen molar-refractivity contribution >= 4 is 16.9 Å². The minimum Gasteiger partial charge on any atom is -0.250 e. The average Bonchev–Trinajstić information content (AvgIpc) is 3.18. The summed E-state index contributed by atoms with van der Waals surface area (Å²) in [6.07, 6.45) is 3.86. The van der Waals surface area contributed by atoms with E-state index in [-0.39, 0.29) is 0 Å². The maximum Gasteiger partial charge on any atom is 0.1000 e. The van der Waals surface area contributed by atoms with Gasteiger partial charge in [-0.05, 0) is 30.3 Å². The highest BCUT2D eigenvalue weighted by molar-refractivity contribution is 7.88. The SMILES string of the molecule is O=S(/C=C/c1cn(-c2ccccc2)nc1-c1ccccc1)c1ccccc1. The van der Waals surface area contributed by atoms with E-state index in [1.807, 2.05) is 108 Å². The van der Waals surface area contributed by atoms with Crippen molar-refractivity contribution in [2.45, 2.75) is 4.90 Å². The van der Waals surface area contributed by atoms with E-state index in [1.54, 1.807) is 5.41 Å². The summed E-state index contributed by atoms with van der Waals surface area (Å²) >= 11 is 0. The molecule has 0 amide bonds. The van der Waals surface area contributed by atoms with Gasteiger partial charge in [0.15, 0.2) is 0 Å². The molecule has 4 aromatic rings. The van der Waals surface area contributed by atoms with E-state index < -0.39 is 10.8 Å². The summed E-state index contributed by atoms with van der Waals surface area (Å²) in [5, 5.41) is 6.48. The smallest absolute Gasteiger partial charge is 0.1000 e. The normalized spacial score (nSPS) is 12.3. The van der Waals surface area contributed by atoms with Crippen LogP contribution >= 0.6 is 0 Å². The summed E-state index contributed by atoms with van der Waals surface area (Å²) in [5.41, 5.74) is 3.80. The quantitative estimate of drug-likeness (QED) is 0.477. The fourth-order valence-corrected chi connectivity index (χ4v) is 3.66. The molecule has 1 aromatic heterocycles. The number of rotatable bonds is 5. The molecule has 1 unspecified atom stereocenters. The fraction of sp³-hybridized carbons (Fsp3) is 0. The third-order valence-electron chi connectivity index (χ3n) is 4.16. The first-order chi connectivity index (χ1) is 13.3. The predicted molar refractivity (Wildman–Crippen MR) is 111 cm³/mol. The fourth-order valence-electron chi connectivity index (χ4n) is 2.81. The minimum absolute atomic E-state index is 0.783. The zero-order chi connectivity index (χ0) is 18.5. The van der Waals surface area contributed by atoms with Gasteiger partial charge >= 0.3 is 0 Å². The average molecular weight is 370 g/mol. The summed E-state index contributed by atoms with van der Waals surface area (Å²) < 4.78 is 14.4. The van der Waals surface area contributed by atoms with Gasteiger partial charge in [0, 0.05) is 27.6 Å². The highest BCUT2D eigenvalue weighted by Gasteiger charge is 2.10. The second kappa shape index (κ2) is 7.98. The van der Waals surface area contributed by atoms with Gasteiger partial charge in [0.05, 0.1) is 22.2 Å². The summed E-state index contributed by atoms with van der Waals surface area (Å²) in [7, 11) is -1.20. The Bertz CT molecular complexity index is 1070. The topological polar surface area (TPSA) is 34.9 Å². The molecular formula is C23H18N2OS. The van der Waals surface area contributed by atoms with Crippen LogP contribution in [-0.4, -0.2) is 14.0 Å². The lowest BCUT2D eigenvalue weighted by Gasteiger charge is -2.00. The van der Waals surface area contributed by atoms with Crippen molar-refractivity contribution in [1.29, 1.82) is 0 Å². The van der Waals surface area contributed by atoms with Crippen LogP contribution in [0.15, 0.2) is 107 Å². The Morgan fingerprint density at radius 2 is 1.37 bits per heavy atom. The lowest BCUT2D eigenvalue weighted by atomic mass is 10.1. The van der Waals surface area contributed by atoms with Crippen molar-refractivity contribution < 1.29 is 4.21 Å². The molecule has 0 spiro atoms. The lowest BCUT2D eigenvalue weighted by Crippen LogP contribution is -1.93. The number of aromatic nitrogens is 2. The van der Waals surface area contributed by atoms with E-state index in [2.05, 4.69) is 0 Å². The zero-order valence-electron chi connectivity index (χ0n) is 14.6. The Morgan fingerprint density at radius 3 is 2.04 bits per heavy atom. The standard InChI is InChI=1S/C23H18N2OS/c26-27(22-14-8-3-9-15-22)17-16-20-18-25(21-12-6-2-7-13-21)24-23(20)19-10-4-1-5-11-19/h1-18H/b17-16+. The van der Waals surface area contributed by atoms with E-state index in [0.717, 1.165) is 27.4 Å². The van der Waals surface area contributed by atoms with Crippen LogP contribution in [0.25, 0.3) is 23.0 Å². The van der Waals surface area contributed by atoms with E-state index >= 15 is 0 Å². The number of hydrogen-bond acceptors (Lipinski definition) is 2. The zero-order valence-corrected chi connectivity index (χ0v) is 15.4. The van der Waals surface area contributed by atoms with Gasteiger partial charge in [0.1, 0.15) is 0 Å². The number of hydrogen-bond donors (Lipinski definition) is 0. The number of benzene rings is 3. The molecule has 0 aliphatic rings. The highest BCUT2D eigenvalue weighted by atomic mass is 32.2. The monoisotopic (exact) mass is 370 g/mol. The molecule has 0 bridgehead atoms. The summed E-state index contributed by atoms with van der Waals surface area (Å²) in [6, 6.07) is 29.4. The first kappa shape index (κ1) is 17.2. The molecule has 0 N–H and O–H groups in total. The van der Waals surface area contributed by atoms with E-state index in [0.29, 0.717) is 0 Å². The molecular weight excluding hydrogens is 352 g/mol. The summed E-state index contributed by atoms with van der Waals surface area (Å²) in [5.74, 6) is 0.